The van der Waals surface area contributed by atoms with Crippen LogP contribution in [0.15, 0.2) is 0 Å². The smallest absolute Gasteiger partial charge is 0.408 e. The van der Waals surface area contributed by atoms with E-state index in [4.69, 9.17) is 23.7 Å². The first-order valence-electron chi connectivity index (χ1n) is 10.1. The van der Waals surface area contributed by atoms with Crippen molar-refractivity contribution in [2.75, 3.05) is 5.75 Å². The van der Waals surface area contributed by atoms with Gasteiger partial charge in [-0.05, 0) is 27.7 Å². The summed E-state index contributed by atoms with van der Waals surface area (Å²) in [6.45, 7) is 9.90. The average Bonchev–Trinajstić information content (AvgIpc) is 2.61. The summed E-state index contributed by atoms with van der Waals surface area (Å²) in [5, 5.41) is 11.7. The molecule has 1 aliphatic heterocycles. The predicted molar refractivity (Wildman–Crippen MR) is 114 cm³/mol. The fourth-order valence-corrected chi connectivity index (χ4v) is 4.18. The molecule has 1 fully saturated rings. The Hall–Kier alpha value is -2.54. The molecule has 0 bridgehead atoms. The van der Waals surface area contributed by atoms with Crippen LogP contribution in [-0.4, -0.2) is 82.3 Å². The number of nitrogens with one attached hydrogen (secondary N) is 1. The first-order valence-corrected chi connectivity index (χ1v) is 11.2. The van der Waals surface area contributed by atoms with Gasteiger partial charge in [0.25, 0.3) is 0 Å². The molecule has 1 amide bonds. The molecular weight excluding hydrogens is 462 g/mol. The van der Waals surface area contributed by atoms with Crippen LogP contribution in [0.1, 0.15) is 48.5 Å². The van der Waals surface area contributed by atoms with Crippen molar-refractivity contribution in [1.29, 1.82) is 0 Å². The van der Waals surface area contributed by atoms with Crippen LogP contribution in [0, 0.1) is 0 Å². The lowest BCUT2D eigenvalue weighted by Crippen LogP contribution is -2.60. The van der Waals surface area contributed by atoms with Crippen LogP contribution in [0.2, 0.25) is 0 Å². The number of hydrogen-bond acceptors (Lipinski definition) is 11. The Morgan fingerprint density at radius 2 is 1.42 bits per heavy atom. The van der Waals surface area contributed by atoms with Crippen LogP contribution in [0.3, 0.4) is 0 Å². The molecular formula is C20H31NO11S. The second-order valence-electron chi connectivity index (χ2n) is 8.30. The summed E-state index contributed by atoms with van der Waals surface area (Å²) in [5.41, 5.74) is -1.83. The second-order valence-corrected chi connectivity index (χ2v) is 9.43. The number of hydrogen-bond donors (Lipinski definition) is 2. The molecule has 0 aromatic carbocycles. The van der Waals surface area contributed by atoms with Crippen LogP contribution < -0.4 is 5.32 Å². The Balaban J connectivity index is 3.07. The van der Waals surface area contributed by atoms with E-state index in [1.54, 1.807) is 27.7 Å². The number of thioether (sulfide) groups is 1. The van der Waals surface area contributed by atoms with Crippen LogP contribution in [0.4, 0.5) is 4.79 Å². The predicted octanol–water partition coefficient (Wildman–Crippen LogP) is 1.24. The molecule has 0 spiro atoms. The van der Waals surface area contributed by atoms with Crippen LogP contribution in [-0.2, 0) is 42.9 Å². The summed E-state index contributed by atoms with van der Waals surface area (Å²) in [5.74, 6) is -3.61. The highest BCUT2D eigenvalue weighted by Crippen LogP contribution is 2.34. The first-order chi connectivity index (χ1) is 15.1. The van der Waals surface area contributed by atoms with E-state index in [1.807, 2.05) is 0 Å². The number of carbonyl (C=O) groups is 5. The van der Waals surface area contributed by atoms with Gasteiger partial charge in [0.05, 0.1) is 6.10 Å². The van der Waals surface area contributed by atoms with Gasteiger partial charge in [0.1, 0.15) is 17.1 Å². The van der Waals surface area contributed by atoms with E-state index >= 15 is 0 Å². The number of esters is 3. The summed E-state index contributed by atoms with van der Waals surface area (Å²) >= 11 is 0.917. The normalized spacial score (nSPS) is 25.8. The molecule has 0 aromatic rings. The highest BCUT2D eigenvalue weighted by atomic mass is 32.2. The van der Waals surface area contributed by atoms with E-state index in [0.29, 0.717) is 0 Å². The molecule has 0 saturated carbocycles. The number of carbonyl (C=O) groups excluding carboxylic acids is 4. The van der Waals surface area contributed by atoms with Gasteiger partial charge in [-0.25, -0.2) is 9.59 Å². The lowest BCUT2D eigenvalue weighted by Gasteiger charge is -2.43. The van der Waals surface area contributed by atoms with Crippen molar-refractivity contribution in [3.05, 3.63) is 0 Å². The Kier molecular flexibility index (Phi) is 10.4. The zero-order valence-corrected chi connectivity index (χ0v) is 20.4. The lowest BCUT2D eigenvalue weighted by molar-refractivity contribution is -0.229. The summed E-state index contributed by atoms with van der Waals surface area (Å²) in [7, 11) is 0. The Labute approximate surface area is 196 Å². The van der Waals surface area contributed by atoms with Crippen LogP contribution in [0.25, 0.3) is 0 Å². The standard InChI is InChI=1S/C20H31NO11S/c1-9-14(29-10(2)22)15(30-11(3)23)16(31-12(4)24)18(28-9)33-8-13(17(25)26)21-19(27)32-20(5,6)7/h9,13-16,18H,8H2,1-7H3,(H,21,27)(H,25,26)/t9-,13-,14+,15+,16-,18-/m0/s1. The van der Waals surface area contributed by atoms with Gasteiger partial charge in [0.15, 0.2) is 18.3 Å². The van der Waals surface area contributed by atoms with Crippen LogP contribution in [0.5, 0.6) is 0 Å². The average molecular weight is 494 g/mol. The maximum absolute atomic E-state index is 12.0. The molecule has 33 heavy (non-hydrogen) atoms. The Morgan fingerprint density at radius 1 is 0.939 bits per heavy atom. The monoisotopic (exact) mass is 493 g/mol. The number of carboxylic acids is 1. The van der Waals surface area contributed by atoms with E-state index in [0.717, 1.165) is 25.6 Å². The quantitative estimate of drug-likeness (QED) is 0.368. The molecule has 13 heteroatoms. The zero-order chi connectivity index (χ0) is 25.5. The number of amides is 1. The molecule has 1 rings (SSSR count). The summed E-state index contributed by atoms with van der Waals surface area (Å²) in [4.78, 5) is 58.6. The van der Waals surface area contributed by atoms with Crippen molar-refractivity contribution in [3.8, 4) is 0 Å². The number of carboxylic acid groups (broad SMARTS) is 1. The van der Waals surface area contributed by atoms with E-state index < -0.39 is 71.5 Å². The topological polar surface area (TPSA) is 164 Å². The molecule has 2 N–H and O–H groups in total. The van der Waals surface area contributed by atoms with Gasteiger partial charge >= 0.3 is 30.0 Å². The van der Waals surface area contributed by atoms with Crippen molar-refractivity contribution in [1.82, 2.24) is 5.32 Å². The number of alkyl carbamates (subject to hydrolysis) is 1. The fraction of sp³-hybridized carbons (Fsp3) is 0.750. The minimum Gasteiger partial charge on any atom is -0.480 e. The highest BCUT2D eigenvalue weighted by molar-refractivity contribution is 7.99. The number of ether oxygens (including phenoxy) is 5. The summed E-state index contributed by atoms with van der Waals surface area (Å²) in [6.07, 6.45) is -5.18. The Morgan fingerprint density at radius 3 is 1.88 bits per heavy atom. The van der Waals surface area contributed by atoms with Gasteiger partial charge in [0.2, 0.25) is 0 Å². The van der Waals surface area contributed by atoms with Crippen molar-refractivity contribution >= 4 is 41.7 Å². The van der Waals surface area contributed by atoms with E-state index in [-0.39, 0.29) is 5.75 Å². The molecule has 0 unspecified atom stereocenters. The van der Waals surface area contributed by atoms with Crippen LogP contribution >= 0.6 is 11.8 Å². The van der Waals surface area contributed by atoms with Gasteiger partial charge in [-0.3, -0.25) is 14.4 Å². The zero-order valence-electron chi connectivity index (χ0n) is 19.6. The van der Waals surface area contributed by atoms with Crippen molar-refractivity contribution in [2.45, 2.75) is 90.0 Å². The maximum Gasteiger partial charge on any atom is 0.408 e. The maximum atomic E-state index is 12.0. The molecule has 188 valence electrons. The first kappa shape index (κ1) is 28.5. The largest absolute Gasteiger partial charge is 0.480 e. The number of rotatable bonds is 8. The fourth-order valence-electron chi connectivity index (χ4n) is 2.92. The second kappa shape index (κ2) is 12.1. The minimum atomic E-state index is -1.36. The summed E-state index contributed by atoms with van der Waals surface area (Å²) < 4.78 is 26.7. The molecule has 1 saturated heterocycles. The molecule has 1 aliphatic rings. The molecule has 12 nitrogen and oxygen atoms in total. The van der Waals surface area contributed by atoms with Gasteiger partial charge < -0.3 is 34.1 Å². The van der Waals surface area contributed by atoms with Crippen molar-refractivity contribution in [3.63, 3.8) is 0 Å². The molecule has 0 radical (unpaired) electrons. The number of aliphatic carboxylic acids is 1. The third kappa shape index (κ3) is 9.86. The third-order valence-corrected chi connectivity index (χ3v) is 5.28. The molecule has 6 atom stereocenters. The van der Waals surface area contributed by atoms with Crippen molar-refractivity contribution in [2.24, 2.45) is 0 Å². The SMILES string of the molecule is CC(=O)O[C@@H]1[C@H](OC(C)=O)[C@H](C)O[C@@H](SC[C@H](NC(=O)OC(C)(C)C)C(=O)O)[C@H]1OC(C)=O. The highest BCUT2D eigenvalue weighted by Gasteiger charge is 2.50. The van der Waals surface area contributed by atoms with Gasteiger partial charge in [-0.15, -0.1) is 11.8 Å². The molecule has 1 heterocycles. The minimum absolute atomic E-state index is 0.200. The van der Waals surface area contributed by atoms with Gasteiger partial charge in [-0.1, -0.05) is 0 Å². The molecule has 0 aromatic heterocycles. The van der Waals surface area contributed by atoms with Crippen molar-refractivity contribution < 1.29 is 52.8 Å². The molecule has 0 aliphatic carbocycles. The Bertz CT molecular complexity index is 751. The lowest BCUT2D eigenvalue weighted by atomic mass is 10.00. The van der Waals surface area contributed by atoms with Gasteiger partial charge in [0, 0.05) is 26.5 Å². The van der Waals surface area contributed by atoms with E-state index in [1.165, 1.54) is 6.92 Å². The summed E-state index contributed by atoms with van der Waals surface area (Å²) in [6, 6.07) is -1.36. The third-order valence-electron chi connectivity index (χ3n) is 4.05. The van der Waals surface area contributed by atoms with E-state index in [9.17, 15) is 29.1 Å². The van der Waals surface area contributed by atoms with E-state index in [2.05, 4.69) is 5.32 Å². The van der Waals surface area contributed by atoms with Gasteiger partial charge in [-0.2, -0.15) is 0 Å².